The highest BCUT2D eigenvalue weighted by molar-refractivity contribution is 5.62. The summed E-state index contributed by atoms with van der Waals surface area (Å²) in [5, 5.41) is 0. The molecule has 0 bridgehead atoms. The molecule has 1 aromatic heterocycles. The lowest BCUT2D eigenvalue weighted by Crippen LogP contribution is -2.18. The number of benzene rings is 1. The Morgan fingerprint density at radius 2 is 1.58 bits per heavy atom. The number of aromatic nitrogens is 1. The molecule has 3 rings (SSSR count). The zero-order chi connectivity index (χ0) is 18.7. The summed E-state index contributed by atoms with van der Waals surface area (Å²) in [6, 6.07) is 10.7. The summed E-state index contributed by atoms with van der Waals surface area (Å²) < 4.78 is 37.9. The zero-order valence-corrected chi connectivity index (χ0v) is 15.4. The van der Waals surface area contributed by atoms with Crippen molar-refractivity contribution >= 4 is 0 Å². The van der Waals surface area contributed by atoms with Gasteiger partial charge < -0.3 is 0 Å². The number of pyridine rings is 1. The maximum absolute atomic E-state index is 12.6. The zero-order valence-electron chi connectivity index (χ0n) is 15.4. The molecule has 26 heavy (non-hydrogen) atoms. The summed E-state index contributed by atoms with van der Waals surface area (Å²) in [5.74, 6) is 2.15. The molecule has 1 aliphatic carbocycles. The minimum atomic E-state index is -4.39. The molecule has 1 heterocycles. The van der Waals surface area contributed by atoms with Crippen LogP contribution >= 0.6 is 0 Å². The van der Waals surface area contributed by atoms with Crippen LogP contribution in [0.25, 0.3) is 11.1 Å². The van der Waals surface area contributed by atoms with Crippen LogP contribution in [0, 0.1) is 11.8 Å². The molecular weight excluding hydrogens is 335 g/mol. The molecule has 4 heteroatoms. The van der Waals surface area contributed by atoms with Crippen LogP contribution in [0.15, 0.2) is 42.6 Å². The maximum atomic E-state index is 12.6. The summed E-state index contributed by atoms with van der Waals surface area (Å²) in [4.78, 5) is 3.55. The van der Waals surface area contributed by atoms with E-state index in [1.54, 1.807) is 0 Å². The first-order valence-corrected chi connectivity index (χ1v) is 9.52. The van der Waals surface area contributed by atoms with Gasteiger partial charge in [-0.05, 0) is 47.8 Å². The van der Waals surface area contributed by atoms with Gasteiger partial charge in [0.15, 0.2) is 0 Å². The van der Waals surface area contributed by atoms with Crippen molar-refractivity contribution in [1.29, 1.82) is 0 Å². The van der Waals surface area contributed by atoms with Gasteiger partial charge in [0.2, 0.25) is 0 Å². The molecule has 0 radical (unpaired) electrons. The van der Waals surface area contributed by atoms with Crippen molar-refractivity contribution in [3.05, 3.63) is 53.9 Å². The average molecular weight is 361 g/mol. The molecule has 0 aliphatic heterocycles. The van der Waals surface area contributed by atoms with Crippen LogP contribution in [0.5, 0.6) is 0 Å². The Hall–Kier alpha value is -1.84. The van der Waals surface area contributed by atoms with Gasteiger partial charge in [0.05, 0.1) is 0 Å². The normalized spacial score (nSPS) is 22.2. The fourth-order valence-corrected chi connectivity index (χ4v) is 4.08. The second kappa shape index (κ2) is 7.81. The van der Waals surface area contributed by atoms with E-state index in [9.17, 15) is 13.2 Å². The second-order valence-corrected chi connectivity index (χ2v) is 7.53. The fourth-order valence-electron chi connectivity index (χ4n) is 4.08. The van der Waals surface area contributed by atoms with E-state index in [0.29, 0.717) is 11.5 Å². The van der Waals surface area contributed by atoms with Gasteiger partial charge >= 0.3 is 6.18 Å². The molecule has 1 aromatic carbocycles. The quantitative estimate of drug-likeness (QED) is 0.566. The van der Waals surface area contributed by atoms with Crippen LogP contribution in [-0.4, -0.2) is 4.98 Å². The first kappa shape index (κ1) is 18.9. The van der Waals surface area contributed by atoms with Crippen LogP contribution < -0.4 is 0 Å². The van der Waals surface area contributed by atoms with Gasteiger partial charge in [-0.25, -0.2) is 0 Å². The Morgan fingerprint density at radius 3 is 2.08 bits per heavy atom. The molecule has 0 spiro atoms. The standard InChI is InChI=1S/C22H26F3N/c1-3-16-4-6-17(7-5-16)15(2)18-8-10-19(11-9-18)20-12-13-21(26-14-20)22(23,24)25/h8-17H,3-7H2,1-2H3. The minimum absolute atomic E-state index is 0.521. The van der Waals surface area contributed by atoms with E-state index in [-0.39, 0.29) is 0 Å². The maximum Gasteiger partial charge on any atom is 0.433 e. The van der Waals surface area contributed by atoms with Crippen LogP contribution in [0.3, 0.4) is 0 Å². The second-order valence-electron chi connectivity index (χ2n) is 7.53. The first-order valence-electron chi connectivity index (χ1n) is 9.52. The van der Waals surface area contributed by atoms with Gasteiger partial charge in [0.25, 0.3) is 0 Å². The van der Waals surface area contributed by atoms with Crippen LogP contribution in [0.2, 0.25) is 0 Å². The van der Waals surface area contributed by atoms with E-state index < -0.39 is 11.9 Å². The van der Waals surface area contributed by atoms with E-state index in [0.717, 1.165) is 23.5 Å². The van der Waals surface area contributed by atoms with Crippen LogP contribution in [0.1, 0.15) is 63.1 Å². The summed E-state index contributed by atoms with van der Waals surface area (Å²) in [7, 11) is 0. The lowest BCUT2D eigenvalue weighted by molar-refractivity contribution is -0.141. The van der Waals surface area contributed by atoms with Crippen molar-refractivity contribution in [3.8, 4) is 11.1 Å². The van der Waals surface area contributed by atoms with Gasteiger partial charge in [0.1, 0.15) is 5.69 Å². The van der Waals surface area contributed by atoms with E-state index in [1.165, 1.54) is 49.9 Å². The largest absolute Gasteiger partial charge is 0.433 e. The molecule has 0 amide bonds. The predicted molar refractivity (Wildman–Crippen MR) is 98.8 cm³/mol. The van der Waals surface area contributed by atoms with Gasteiger partial charge in [-0.3, -0.25) is 4.98 Å². The molecule has 1 aliphatic rings. The van der Waals surface area contributed by atoms with Crippen LogP contribution in [0.4, 0.5) is 13.2 Å². The molecule has 0 saturated heterocycles. The Morgan fingerprint density at radius 1 is 0.962 bits per heavy atom. The SMILES string of the molecule is CCC1CCC(C(C)c2ccc(-c3ccc(C(F)(F)F)nc3)cc2)CC1. The van der Waals surface area contributed by atoms with Crippen molar-refractivity contribution in [2.24, 2.45) is 11.8 Å². The third-order valence-electron chi connectivity index (χ3n) is 6.00. The highest BCUT2D eigenvalue weighted by atomic mass is 19.4. The van der Waals surface area contributed by atoms with Crippen molar-refractivity contribution in [2.45, 2.75) is 58.0 Å². The van der Waals surface area contributed by atoms with Gasteiger partial charge in [0, 0.05) is 11.8 Å². The molecule has 0 N–H and O–H groups in total. The molecule has 1 unspecified atom stereocenters. The lowest BCUT2D eigenvalue weighted by Gasteiger charge is -2.32. The summed E-state index contributed by atoms with van der Waals surface area (Å²) in [5.41, 5.74) is 2.07. The topological polar surface area (TPSA) is 12.9 Å². The predicted octanol–water partition coefficient (Wildman–Crippen LogP) is 7.09. The highest BCUT2D eigenvalue weighted by Gasteiger charge is 2.32. The molecule has 1 atom stereocenters. The number of alkyl halides is 3. The number of nitrogens with zero attached hydrogens (tertiary/aromatic N) is 1. The Bertz CT molecular complexity index is 696. The third-order valence-corrected chi connectivity index (χ3v) is 6.00. The summed E-state index contributed by atoms with van der Waals surface area (Å²) in [6.45, 7) is 4.58. The number of hydrogen-bond acceptors (Lipinski definition) is 1. The van der Waals surface area contributed by atoms with E-state index >= 15 is 0 Å². The van der Waals surface area contributed by atoms with Crippen molar-refractivity contribution in [2.75, 3.05) is 0 Å². The summed E-state index contributed by atoms with van der Waals surface area (Å²) in [6.07, 6.45) is 3.45. The van der Waals surface area contributed by atoms with Gasteiger partial charge in [-0.15, -0.1) is 0 Å². The molecule has 1 fully saturated rings. The highest BCUT2D eigenvalue weighted by Crippen LogP contribution is 2.39. The smallest absolute Gasteiger partial charge is 0.251 e. The Labute approximate surface area is 153 Å². The van der Waals surface area contributed by atoms with E-state index in [1.807, 2.05) is 12.1 Å². The third kappa shape index (κ3) is 4.28. The first-order chi connectivity index (χ1) is 12.4. The van der Waals surface area contributed by atoms with E-state index in [2.05, 4.69) is 31.0 Å². The van der Waals surface area contributed by atoms with Gasteiger partial charge in [-0.2, -0.15) is 13.2 Å². The number of hydrogen-bond donors (Lipinski definition) is 0. The minimum Gasteiger partial charge on any atom is -0.251 e. The Kier molecular flexibility index (Phi) is 5.69. The van der Waals surface area contributed by atoms with Gasteiger partial charge in [-0.1, -0.05) is 63.4 Å². The van der Waals surface area contributed by atoms with Crippen LogP contribution in [-0.2, 0) is 6.18 Å². The van der Waals surface area contributed by atoms with Crippen molar-refractivity contribution in [3.63, 3.8) is 0 Å². The fraction of sp³-hybridized carbons (Fsp3) is 0.500. The number of halogens is 3. The summed E-state index contributed by atoms with van der Waals surface area (Å²) >= 11 is 0. The van der Waals surface area contributed by atoms with E-state index in [4.69, 9.17) is 0 Å². The molecule has 2 aromatic rings. The lowest BCUT2D eigenvalue weighted by atomic mass is 9.73. The molecular formula is C22H26F3N. The molecule has 1 saturated carbocycles. The van der Waals surface area contributed by atoms with Crippen molar-refractivity contribution in [1.82, 2.24) is 4.98 Å². The molecule has 140 valence electrons. The average Bonchev–Trinajstić information content (AvgIpc) is 2.67. The number of rotatable bonds is 4. The molecule has 1 nitrogen and oxygen atoms in total. The van der Waals surface area contributed by atoms with Crippen molar-refractivity contribution < 1.29 is 13.2 Å². The monoisotopic (exact) mass is 361 g/mol. The Balaban J connectivity index is 1.68.